The Morgan fingerprint density at radius 2 is 1.85 bits per heavy atom. The Balaban J connectivity index is 1.30. The molecule has 2 aliphatic heterocycles. The van der Waals surface area contributed by atoms with E-state index in [0.29, 0.717) is 74.2 Å². The van der Waals surface area contributed by atoms with E-state index in [0.717, 1.165) is 18.4 Å². The predicted molar refractivity (Wildman–Crippen MR) is 156 cm³/mol. The van der Waals surface area contributed by atoms with E-state index in [1.807, 2.05) is 31.2 Å². The zero-order valence-corrected chi connectivity index (χ0v) is 24.5. The van der Waals surface area contributed by atoms with Crippen LogP contribution in [0, 0.1) is 11.7 Å². The number of anilines is 1. The van der Waals surface area contributed by atoms with Gasteiger partial charge in [-0.25, -0.2) is 12.8 Å². The van der Waals surface area contributed by atoms with E-state index in [2.05, 4.69) is 10.6 Å². The van der Waals surface area contributed by atoms with Crippen LogP contribution < -0.4 is 10.6 Å². The SMILES string of the molecule is C[C@H]1CNCC(CCc2c(F)cccc2NC(=O)CC(c2ccc(Cl)cc2)C2CCOCC2)N1S(=O)(=O)C1CC1. The number of nitrogens with one attached hydrogen (secondary N) is 2. The zero-order chi connectivity index (χ0) is 28.3. The summed E-state index contributed by atoms with van der Waals surface area (Å²) < 4.78 is 48.7. The zero-order valence-electron chi connectivity index (χ0n) is 23.0. The van der Waals surface area contributed by atoms with Crippen molar-refractivity contribution in [1.29, 1.82) is 0 Å². The van der Waals surface area contributed by atoms with E-state index < -0.39 is 15.8 Å². The van der Waals surface area contributed by atoms with Crippen molar-refractivity contribution in [3.63, 3.8) is 0 Å². The predicted octanol–water partition coefficient (Wildman–Crippen LogP) is 5.11. The fraction of sp³-hybridized carbons (Fsp3) is 0.567. The summed E-state index contributed by atoms with van der Waals surface area (Å²) in [6.45, 7) is 4.40. The summed E-state index contributed by atoms with van der Waals surface area (Å²) in [5, 5.41) is 6.67. The minimum atomic E-state index is -3.37. The molecule has 2 N–H and O–H groups in total. The molecular formula is C30H39ClFN3O4S. The number of rotatable bonds is 10. The second-order valence-corrected chi connectivity index (χ2v) is 14.0. The summed E-state index contributed by atoms with van der Waals surface area (Å²) in [6, 6.07) is 11.9. The molecule has 1 amide bonds. The fourth-order valence-corrected chi connectivity index (χ4v) is 8.62. The summed E-state index contributed by atoms with van der Waals surface area (Å²) in [5.74, 6) is -0.281. The van der Waals surface area contributed by atoms with Crippen LogP contribution in [0.5, 0.6) is 0 Å². The quantitative estimate of drug-likeness (QED) is 0.401. The van der Waals surface area contributed by atoms with Crippen LogP contribution in [0.1, 0.15) is 62.5 Å². The summed E-state index contributed by atoms with van der Waals surface area (Å²) in [4.78, 5) is 13.4. The Bertz CT molecular complexity index is 1280. The van der Waals surface area contributed by atoms with Crippen molar-refractivity contribution >= 4 is 33.2 Å². The Labute approximate surface area is 241 Å². The van der Waals surface area contributed by atoms with E-state index in [-0.39, 0.29) is 35.6 Å². The summed E-state index contributed by atoms with van der Waals surface area (Å²) in [5.41, 5.74) is 1.91. The highest BCUT2D eigenvalue weighted by atomic mass is 35.5. The highest BCUT2D eigenvalue weighted by Gasteiger charge is 2.45. The number of hydrogen-bond donors (Lipinski definition) is 2. The van der Waals surface area contributed by atoms with Crippen molar-refractivity contribution < 1.29 is 22.3 Å². The standard InChI is InChI=1S/C30H39ClFN3O4S/c1-20-18-33-19-24(35(20)40(37,38)25-10-11-25)9-12-26-28(32)3-2-4-29(26)34-30(36)17-27(22-13-15-39-16-14-22)21-5-7-23(31)8-6-21/h2-8,20,22,24-25,27,33H,9-19H2,1H3,(H,34,36)/t20-,24?,27?/m0/s1. The average Bonchev–Trinajstić information content (AvgIpc) is 3.79. The number of hydrogen-bond acceptors (Lipinski definition) is 5. The van der Waals surface area contributed by atoms with Crippen molar-refractivity contribution in [2.24, 2.45) is 5.92 Å². The van der Waals surface area contributed by atoms with Crippen LogP contribution in [-0.4, -0.2) is 62.3 Å². The van der Waals surface area contributed by atoms with Gasteiger partial charge in [-0.05, 0) is 87.1 Å². The van der Waals surface area contributed by atoms with Crippen LogP contribution in [-0.2, 0) is 26.0 Å². The summed E-state index contributed by atoms with van der Waals surface area (Å²) >= 11 is 6.12. The van der Waals surface area contributed by atoms with Crippen molar-refractivity contribution in [3.05, 3.63) is 64.4 Å². The van der Waals surface area contributed by atoms with Crippen LogP contribution in [0.2, 0.25) is 5.02 Å². The number of nitrogens with zero attached hydrogens (tertiary/aromatic N) is 1. The van der Waals surface area contributed by atoms with Crippen molar-refractivity contribution in [2.45, 2.75) is 75.1 Å². The van der Waals surface area contributed by atoms with Crippen LogP contribution in [0.15, 0.2) is 42.5 Å². The third-order valence-electron chi connectivity index (χ3n) is 8.51. The van der Waals surface area contributed by atoms with E-state index in [1.54, 1.807) is 16.4 Å². The van der Waals surface area contributed by atoms with Gasteiger partial charge in [0.1, 0.15) is 5.82 Å². The molecule has 3 aliphatic rings. The molecule has 0 radical (unpaired) electrons. The molecule has 5 rings (SSSR count). The van der Waals surface area contributed by atoms with E-state index in [4.69, 9.17) is 16.3 Å². The van der Waals surface area contributed by atoms with Gasteiger partial charge < -0.3 is 15.4 Å². The first kappa shape index (κ1) is 29.5. The summed E-state index contributed by atoms with van der Waals surface area (Å²) in [7, 11) is -3.37. The number of ether oxygens (including phenoxy) is 1. The van der Waals surface area contributed by atoms with E-state index in [9.17, 15) is 13.2 Å². The number of carbonyl (C=O) groups excluding carboxylic acids is 1. The second-order valence-electron chi connectivity index (χ2n) is 11.4. The number of halogens is 2. The second kappa shape index (κ2) is 12.9. The van der Waals surface area contributed by atoms with E-state index in [1.165, 1.54) is 6.07 Å². The molecule has 0 bridgehead atoms. The number of carbonyl (C=O) groups is 1. The number of amides is 1. The molecule has 2 aromatic rings. The van der Waals surface area contributed by atoms with Crippen LogP contribution in [0.4, 0.5) is 10.1 Å². The highest BCUT2D eigenvalue weighted by molar-refractivity contribution is 7.90. The molecule has 2 heterocycles. The van der Waals surface area contributed by atoms with Gasteiger partial charge in [0.05, 0.1) is 5.25 Å². The Hall–Kier alpha value is -2.04. The van der Waals surface area contributed by atoms with Crippen molar-refractivity contribution in [1.82, 2.24) is 9.62 Å². The lowest BCUT2D eigenvalue weighted by Crippen LogP contribution is -2.59. The molecular weight excluding hydrogens is 553 g/mol. The number of sulfonamides is 1. The maximum atomic E-state index is 15.1. The molecule has 1 saturated carbocycles. The molecule has 0 aromatic heterocycles. The molecule has 3 fully saturated rings. The number of piperazine rings is 1. The van der Waals surface area contributed by atoms with Gasteiger partial charge in [-0.2, -0.15) is 4.31 Å². The molecule has 0 spiro atoms. The van der Waals surface area contributed by atoms with Crippen LogP contribution >= 0.6 is 11.6 Å². The normalized spacial score (nSPS) is 23.6. The number of benzene rings is 2. The fourth-order valence-electron chi connectivity index (χ4n) is 6.25. The maximum Gasteiger partial charge on any atom is 0.225 e. The molecule has 2 aromatic carbocycles. The Morgan fingerprint density at radius 1 is 1.12 bits per heavy atom. The van der Waals surface area contributed by atoms with Gasteiger partial charge in [0.25, 0.3) is 0 Å². The lowest BCUT2D eigenvalue weighted by molar-refractivity contribution is -0.117. The molecule has 3 atom stereocenters. The molecule has 40 heavy (non-hydrogen) atoms. The van der Waals surface area contributed by atoms with Crippen LogP contribution in [0.3, 0.4) is 0 Å². The van der Waals surface area contributed by atoms with E-state index >= 15 is 4.39 Å². The van der Waals surface area contributed by atoms with Gasteiger partial charge in [0.15, 0.2) is 0 Å². The minimum absolute atomic E-state index is 0.00540. The van der Waals surface area contributed by atoms with Gasteiger partial charge >= 0.3 is 0 Å². The lowest BCUT2D eigenvalue weighted by atomic mass is 9.79. The molecule has 7 nitrogen and oxygen atoms in total. The molecule has 1 aliphatic carbocycles. The van der Waals surface area contributed by atoms with Crippen molar-refractivity contribution in [3.8, 4) is 0 Å². The van der Waals surface area contributed by atoms with Crippen LogP contribution in [0.25, 0.3) is 0 Å². The third-order valence-corrected chi connectivity index (χ3v) is 11.3. The first-order valence-corrected chi connectivity index (χ1v) is 16.3. The first-order valence-electron chi connectivity index (χ1n) is 14.4. The monoisotopic (exact) mass is 591 g/mol. The maximum absolute atomic E-state index is 15.1. The molecule has 2 unspecified atom stereocenters. The first-order chi connectivity index (χ1) is 19.2. The smallest absolute Gasteiger partial charge is 0.225 e. The van der Waals surface area contributed by atoms with Gasteiger partial charge in [0, 0.05) is 61.1 Å². The topological polar surface area (TPSA) is 87.7 Å². The van der Waals surface area contributed by atoms with Gasteiger partial charge in [-0.15, -0.1) is 0 Å². The van der Waals surface area contributed by atoms with Gasteiger partial charge in [0.2, 0.25) is 15.9 Å². The summed E-state index contributed by atoms with van der Waals surface area (Å²) in [6.07, 6.45) is 4.21. The molecule has 2 saturated heterocycles. The Morgan fingerprint density at radius 3 is 2.55 bits per heavy atom. The highest BCUT2D eigenvalue weighted by Crippen LogP contribution is 2.37. The average molecular weight is 592 g/mol. The van der Waals surface area contributed by atoms with Gasteiger partial charge in [-0.1, -0.05) is 29.8 Å². The molecule has 10 heteroatoms. The Kier molecular flexibility index (Phi) is 9.47. The molecule has 218 valence electrons. The third kappa shape index (κ3) is 6.87. The lowest BCUT2D eigenvalue weighted by Gasteiger charge is -2.40. The van der Waals surface area contributed by atoms with Gasteiger partial charge in [-0.3, -0.25) is 4.79 Å². The van der Waals surface area contributed by atoms with Crippen molar-refractivity contribution in [2.75, 3.05) is 31.6 Å². The minimum Gasteiger partial charge on any atom is -0.381 e. The largest absolute Gasteiger partial charge is 0.381 e.